The molecule has 3 atom stereocenters. The monoisotopic (exact) mass is 334 g/mol. The Kier molecular flexibility index (Phi) is 4.46. The minimum absolute atomic E-state index is 0.0355. The molecule has 3 heterocycles. The van der Waals surface area contributed by atoms with Crippen LogP contribution in [-0.4, -0.2) is 35.5 Å². The van der Waals surface area contributed by atoms with Crippen LogP contribution in [0.3, 0.4) is 0 Å². The molecule has 0 bridgehead atoms. The molecule has 2 aliphatic rings. The van der Waals surface area contributed by atoms with Crippen molar-refractivity contribution < 1.29 is 4.79 Å². The minimum atomic E-state index is -0.0355. The van der Waals surface area contributed by atoms with Crippen LogP contribution >= 0.6 is 0 Å². The lowest BCUT2D eigenvalue weighted by Crippen LogP contribution is -2.26. The van der Waals surface area contributed by atoms with Crippen molar-refractivity contribution in [2.45, 2.75) is 6.42 Å². The Morgan fingerprint density at radius 3 is 2.60 bits per heavy atom. The summed E-state index contributed by atoms with van der Waals surface area (Å²) >= 11 is 0. The van der Waals surface area contributed by atoms with Crippen LogP contribution < -0.4 is 10.2 Å². The summed E-state index contributed by atoms with van der Waals surface area (Å²) in [4.78, 5) is 22.5. The van der Waals surface area contributed by atoms with Gasteiger partial charge in [-0.25, -0.2) is 0 Å². The van der Waals surface area contributed by atoms with E-state index in [1.54, 1.807) is 24.5 Å². The van der Waals surface area contributed by atoms with E-state index in [4.69, 9.17) is 0 Å². The van der Waals surface area contributed by atoms with Crippen LogP contribution in [0.5, 0.6) is 0 Å². The van der Waals surface area contributed by atoms with Crippen LogP contribution in [0.4, 0.5) is 5.69 Å². The Balaban J connectivity index is 1.17. The van der Waals surface area contributed by atoms with Gasteiger partial charge in [-0.3, -0.25) is 14.8 Å². The van der Waals surface area contributed by atoms with Crippen molar-refractivity contribution in [2.24, 2.45) is 17.8 Å². The van der Waals surface area contributed by atoms with Gasteiger partial charge >= 0.3 is 0 Å². The summed E-state index contributed by atoms with van der Waals surface area (Å²) in [5.41, 5.74) is 2.16. The lowest BCUT2D eigenvalue weighted by Gasteiger charge is -2.21. The van der Waals surface area contributed by atoms with Crippen LogP contribution in [0.1, 0.15) is 12.0 Å². The number of carbonyl (C=O) groups is 1. The van der Waals surface area contributed by atoms with Crippen LogP contribution in [0.2, 0.25) is 0 Å². The van der Waals surface area contributed by atoms with Crippen molar-refractivity contribution in [1.29, 1.82) is 0 Å². The van der Waals surface area contributed by atoms with Gasteiger partial charge in [0.25, 0.3) is 0 Å². The predicted octanol–water partition coefficient (Wildman–Crippen LogP) is 2.38. The first kappa shape index (κ1) is 15.8. The number of carbonyl (C=O) groups excluding carboxylic acids is 1. The number of aromatic nitrogens is 2. The zero-order valence-electron chi connectivity index (χ0n) is 14.1. The molecule has 0 radical (unpaired) electrons. The molecule has 1 saturated carbocycles. The molecule has 1 N–H and O–H groups in total. The fourth-order valence-electron chi connectivity index (χ4n) is 3.90. The first-order chi connectivity index (χ1) is 12.3. The molecule has 2 aromatic rings. The molecule has 1 saturated heterocycles. The zero-order chi connectivity index (χ0) is 17.1. The highest BCUT2D eigenvalue weighted by atomic mass is 16.1. The molecule has 1 aliphatic carbocycles. The van der Waals surface area contributed by atoms with E-state index in [9.17, 15) is 4.79 Å². The SMILES string of the molecule is O=C(/C=C/c1cccnc1)NCC[C@@H]1[C@H]2CN(c3cccnc3)C[C@@H]12. The van der Waals surface area contributed by atoms with E-state index in [0.717, 1.165) is 49.4 Å². The Morgan fingerprint density at radius 1 is 1.16 bits per heavy atom. The number of hydrogen-bond donors (Lipinski definition) is 1. The lowest BCUT2D eigenvalue weighted by atomic mass is 10.2. The van der Waals surface area contributed by atoms with E-state index in [1.165, 1.54) is 5.69 Å². The highest BCUT2D eigenvalue weighted by molar-refractivity contribution is 5.91. The van der Waals surface area contributed by atoms with E-state index >= 15 is 0 Å². The van der Waals surface area contributed by atoms with Gasteiger partial charge in [0.2, 0.25) is 5.91 Å². The minimum Gasteiger partial charge on any atom is -0.370 e. The molecular weight excluding hydrogens is 312 g/mol. The van der Waals surface area contributed by atoms with Crippen LogP contribution in [-0.2, 0) is 4.79 Å². The highest BCUT2D eigenvalue weighted by Crippen LogP contribution is 2.54. The standard InChI is InChI=1S/C20H22N4O/c25-20(6-5-15-3-1-8-21-11-15)23-10-7-17-18-13-24(14-19(17)18)16-4-2-9-22-12-16/h1-6,8-9,11-12,17-19H,7,10,13-14H2,(H,23,25)/b6-5+/t17-,18-,19+. The maximum Gasteiger partial charge on any atom is 0.244 e. The summed E-state index contributed by atoms with van der Waals surface area (Å²) in [7, 11) is 0. The largest absolute Gasteiger partial charge is 0.370 e. The van der Waals surface area contributed by atoms with Gasteiger partial charge in [-0.15, -0.1) is 0 Å². The summed E-state index contributed by atoms with van der Waals surface area (Å²) in [5.74, 6) is 2.29. The molecule has 1 aliphatic heterocycles. The van der Waals surface area contributed by atoms with Crippen LogP contribution in [0.15, 0.2) is 55.1 Å². The molecule has 128 valence electrons. The van der Waals surface area contributed by atoms with E-state index in [1.807, 2.05) is 30.6 Å². The molecule has 4 rings (SSSR count). The fraction of sp³-hybridized carbons (Fsp3) is 0.350. The highest BCUT2D eigenvalue weighted by Gasteiger charge is 2.54. The summed E-state index contributed by atoms with van der Waals surface area (Å²) in [6, 6.07) is 7.90. The topological polar surface area (TPSA) is 58.1 Å². The Labute approximate surface area is 147 Å². The number of hydrogen-bond acceptors (Lipinski definition) is 4. The van der Waals surface area contributed by atoms with Crippen molar-refractivity contribution in [3.05, 3.63) is 60.7 Å². The molecule has 0 spiro atoms. The van der Waals surface area contributed by atoms with Gasteiger partial charge in [-0.05, 0) is 54.0 Å². The fourth-order valence-corrected chi connectivity index (χ4v) is 3.90. The Bertz CT molecular complexity index is 735. The van der Waals surface area contributed by atoms with Gasteiger partial charge < -0.3 is 10.2 Å². The number of amides is 1. The molecule has 0 aromatic carbocycles. The Morgan fingerprint density at radius 2 is 1.92 bits per heavy atom. The van der Waals surface area contributed by atoms with Gasteiger partial charge in [0.1, 0.15) is 0 Å². The number of nitrogens with zero attached hydrogens (tertiary/aromatic N) is 3. The third-order valence-corrected chi connectivity index (χ3v) is 5.27. The Hall–Kier alpha value is -2.69. The number of piperidine rings is 1. The van der Waals surface area contributed by atoms with E-state index in [-0.39, 0.29) is 5.91 Å². The lowest BCUT2D eigenvalue weighted by molar-refractivity contribution is -0.116. The summed E-state index contributed by atoms with van der Waals surface area (Å²) in [6.07, 6.45) is 11.7. The van der Waals surface area contributed by atoms with Crippen molar-refractivity contribution in [2.75, 3.05) is 24.5 Å². The number of rotatable bonds is 6. The van der Waals surface area contributed by atoms with Crippen molar-refractivity contribution in [1.82, 2.24) is 15.3 Å². The molecule has 2 fully saturated rings. The van der Waals surface area contributed by atoms with Gasteiger partial charge in [0.15, 0.2) is 0 Å². The van der Waals surface area contributed by atoms with E-state index in [0.29, 0.717) is 0 Å². The first-order valence-electron chi connectivity index (χ1n) is 8.82. The van der Waals surface area contributed by atoms with Gasteiger partial charge in [0, 0.05) is 44.3 Å². The zero-order valence-corrected chi connectivity index (χ0v) is 14.1. The van der Waals surface area contributed by atoms with Crippen molar-refractivity contribution in [3.8, 4) is 0 Å². The predicted molar refractivity (Wildman–Crippen MR) is 97.8 cm³/mol. The maximum atomic E-state index is 11.9. The average molecular weight is 334 g/mol. The van der Waals surface area contributed by atoms with Gasteiger partial charge in [-0.2, -0.15) is 0 Å². The second-order valence-electron chi connectivity index (χ2n) is 6.81. The van der Waals surface area contributed by atoms with Crippen molar-refractivity contribution in [3.63, 3.8) is 0 Å². The summed E-state index contributed by atoms with van der Waals surface area (Å²) in [6.45, 7) is 2.99. The second-order valence-corrected chi connectivity index (χ2v) is 6.81. The first-order valence-corrected chi connectivity index (χ1v) is 8.82. The summed E-state index contributed by atoms with van der Waals surface area (Å²) < 4.78 is 0. The molecular formula is C20H22N4O. The summed E-state index contributed by atoms with van der Waals surface area (Å²) in [5, 5.41) is 2.99. The van der Waals surface area contributed by atoms with Gasteiger partial charge in [-0.1, -0.05) is 6.07 Å². The number of fused-ring (bicyclic) bond motifs is 1. The maximum absolute atomic E-state index is 11.9. The molecule has 0 unspecified atom stereocenters. The van der Waals surface area contributed by atoms with Gasteiger partial charge in [0.05, 0.1) is 11.9 Å². The smallest absolute Gasteiger partial charge is 0.244 e. The molecule has 5 nitrogen and oxygen atoms in total. The van der Waals surface area contributed by atoms with Crippen LogP contribution in [0.25, 0.3) is 6.08 Å². The molecule has 25 heavy (non-hydrogen) atoms. The third-order valence-electron chi connectivity index (χ3n) is 5.27. The quantitative estimate of drug-likeness (QED) is 0.824. The van der Waals surface area contributed by atoms with Crippen LogP contribution in [0, 0.1) is 17.8 Å². The number of anilines is 1. The molecule has 1 amide bonds. The average Bonchev–Trinajstić information content (AvgIpc) is 3.11. The second kappa shape index (κ2) is 7.05. The normalized spacial score (nSPS) is 24.3. The third kappa shape index (κ3) is 3.71. The van der Waals surface area contributed by atoms with Crippen molar-refractivity contribution >= 4 is 17.7 Å². The van der Waals surface area contributed by atoms with E-state index in [2.05, 4.69) is 26.3 Å². The van der Waals surface area contributed by atoms with E-state index < -0.39 is 0 Å². The number of nitrogens with one attached hydrogen (secondary N) is 1. The number of pyridine rings is 2. The molecule has 2 aromatic heterocycles. The molecule has 5 heteroatoms.